The minimum atomic E-state index is -0.381. The van der Waals surface area contributed by atoms with Gasteiger partial charge in [-0.25, -0.2) is 0 Å². The fourth-order valence-electron chi connectivity index (χ4n) is 2.19. The number of amides is 1. The van der Waals surface area contributed by atoms with Crippen LogP contribution in [0.5, 0.6) is 0 Å². The van der Waals surface area contributed by atoms with Gasteiger partial charge in [-0.2, -0.15) is 0 Å². The SMILES string of the molecule is Cc1cccnc1[C@H](C)NC(=O)c1cn(C)c(C)cc1=O. The first kappa shape index (κ1) is 15.0. The molecule has 0 saturated carbocycles. The minimum Gasteiger partial charge on any atom is -0.354 e. The maximum atomic E-state index is 12.3. The van der Waals surface area contributed by atoms with Crippen LogP contribution in [0.1, 0.15) is 40.3 Å². The third-order valence-corrected chi connectivity index (χ3v) is 3.54. The standard InChI is InChI=1S/C16H19N3O2/c1-10-6-5-7-17-15(10)12(3)18-16(21)13-9-19(4)11(2)8-14(13)20/h5-9,12H,1-4H3,(H,18,21)/t12-/m0/s1. The van der Waals surface area contributed by atoms with Gasteiger partial charge in [0.15, 0.2) is 5.43 Å². The monoisotopic (exact) mass is 285 g/mol. The van der Waals surface area contributed by atoms with Crippen LogP contribution in [0.15, 0.2) is 35.4 Å². The molecule has 21 heavy (non-hydrogen) atoms. The molecule has 0 aliphatic rings. The molecule has 0 bridgehead atoms. The summed E-state index contributed by atoms with van der Waals surface area (Å²) in [6.07, 6.45) is 3.25. The lowest BCUT2D eigenvalue weighted by atomic mass is 10.1. The highest BCUT2D eigenvalue weighted by Gasteiger charge is 2.16. The minimum absolute atomic E-state index is 0.142. The van der Waals surface area contributed by atoms with Gasteiger partial charge in [0.1, 0.15) is 5.56 Å². The highest BCUT2D eigenvalue weighted by Crippen LogP contribution is 2.14. The van der Waals surface area contributed by atoms with Crippen molar-refractivity contribution in [2.75, 3.05) is 0 Å². The molecule has 1 amide bonds. The molecule has 0 spiro atoms. The van der Waals surface area contributed by atoms with Crippen molar-refractivity contribution in [2.24, 2.45) is 7.05 Å². The highest BCUT2D eigenvalue weighted by atomic mass is 16.2. The van der Waals surface area contributed by atoms with Gasteiger partial charge in [-0.05, 0) is 32.4 Å². The smallest absolute Gasteiger partial charge is 0.257 e. The molecule has 0 fully saturated rings. The van der Waals surface area contributed by atoms with Crippen molar-refractivity contribution in [3.63, 3.8) is 0 Å². The van der Waals surface area contributed by atoms with E-state index in [1.807, 2.05) is 32.9 Å². The van der Waals surface area contributed by atoms with Crippen LogP contribution in [0.4, 0.5) is 0 Å². The Morgan fingerprint density at radius 1 is 1.38 bits per heavy atom. The molecule has 5 heteroatoms. The maximum Gasteiger partial charge on any atom is 0.257 e. The van der Waals surface area contributed by atoms with Crippen LogP contribution in [0, 0.1) is 13.8 Å². The van der Waals surface area contributed by atoms with E-state index in [2.05, 4.69) is 10.3 Å². The zero-order chi connectivity index (χ0) is 15.6. The first-order valence-electron chi connectivity index (χ1n) is 6.80. The summed E-state index contributed by atoms with van der Waals surface area (Å²) in [7, 11) is 1.80. The summed E-state index contributed by atoms with van der Waals surface area (Å²) in [6, 6.07) is 5.00. The molecule has 0 saturated heterocycles. The molecule has 0 radical (unpaired) electrons. The Balaban J connectivity index is 2.25. The summed E-state index contributed by atoms with van der Waals surface area (Å²) in [5.74, 6) is -0.381. The van der Waals surface area contributed by atoms with Crippen LogP contribution in [-0.4, -0.2) is 15.5 Å². The number of rotatable bonds is 3. The fraction of sp³-hybridized carbons (Fsp3) is 0.312. The van der Waals surface area contributed by atoms with Crippen LogP contribution >= 0.6 is 0 Å². The van der Waals surface area contributed by atoms with Crippen LogP contribution < -0.4 is 10.7 Å². The summed E-state index contributed by atoms with van der Waals surface area (Å²) >= 11 is 0. The van der Waals surface area contributed by atoms with Crippen molar-refractivity contribution in [3.05, 3.63) is 63.3 Å². The van der Waals surface area contributed by atoms with Gasteiger partial charge in [-0.3, -0.25) is 14.6 Å². The molecular weight excluding hydrogens is 266 g/mol. The number of carbonyl (C=O) groups excluding carboxylic acids is 1. The molecule has 0 unspecified atom stereocenters. The summed E-state index contributed by atoms with van der Waals surface area (Å²) in [5.41, 5.74) is 2.48. The van der Waals surface area contributed by atoms with E-state index < -0.39 is 0 Å². The number of aryl methyl sites for hydroxylation is 3. The normalized spacial score (nSPS) is 12.0. The number of hydrogen-bond acceptors (Lipinski definition) is 3. The van der Waals surface area contributed by atoms with Gasteiger partial charge in [0.2, 0.25) is 0 Å². The van der Waals surface area contributed by atoms with Gasteiger partial charge in [-0.15, -0.1) is 0 Å². The lowest BCUT2D eigenvalue weighted by Crippen LogP contribution is -2.32. The number of nitrogens with one attached hydrogen (secondary N) is 1. The third kappa shape index (κ3) is 3.18. The molecule has 2 rings (SSSR count). The average molecular weight is 285 g/mol. The topological polar surface area (TPSA) is 64.0 Å². The van der Waals surface area contributed by atoms with Crippen molar-refractivity contribution in [2.45, 2.75) is 26.8 Å². The second kappa shape index (κ2) is 5.91. The highest BCUT2D eigenvalue weighted by molar-refractivity contribution is 5.94. The molecule has 1 N–H and O–H groups in total. The van der Waals surface area contributed by atoms with E-state index in [0.717, 1.165) is 17.0 Å². The van der Waals surface area contributed by atoms with Crippen molar-refractivity contribution in [1.29, 1.82) is 0 Å². The average Bonchev–Trinajstić information content (AvgIpc) is 2.43. The van der Waals surface area contributed by atoms with Crippen LogP contribution in [-0.2, 0) is 7.05 Å². The summed E-state index contributed by atoms with van der Waals surface area (Å²) < 4.78 is 1.76. The molecule has 5 nitrogen and oxygen atoms in total. The zero-order valence-electron chi connectivity index (χ0n) is 12.7. The lowest BCUT2D eigenvalue weighted by molar-refractivity contribution is 0.0937. The van der Waals surface area contributed by atoms with Gasteiger partial charge < -0.3 is 9.88 Å². The first-order valence-corrected chi connectivity index (χ1v) is 6.80. The largest absolute Gasteiger partial charge is 0.354 e. The van der Waals surface area contributed by atoms with E-state index in [4.69, 9.17) is 0 Å². The van der Waals surface area contributed by atoms with Crippen molar-refractivity contribution in [3.8, 4) is 0 Å². The molecule has 2 aromatic heterocycles. The quantitative estimate of drug-likeness (QED) is 0.936. The molecule has 0 aromatic carbocycles. The van der Waals surface area contributed by atoms with Gasteiger partial charge in [0.05, 0.1) is 11.7 Å². The maximum absolute atomic E-state index is 12.3. The second-order valence-corrected chi connectivity index (χ2v) is 5.20. The van der Waals surface area contributed by atoms with E-state index in [9.17, 15) is 9.59 Å². The molecule has 1 atom stereocenters. The molecule has 0 aliphatic carbocycles. The molecule has 2 heterocycles. The van der Waals surface area contributed by atoms with Gasteiger partial charge >= 0.3 is 0 Å². The summed E-state index contributed by atoms with van der Waals surface area (Å²) in [5, 5.41) is 2.83. The number of carbonyl (C=O) groups is 1. The second-order valence-electron chi connectivity index (χ2n) is 5.20. The van der Waals surface area contributed by atoms with Crippen LogP contribution in [0.25, 0.3) is 0 Å². The van der Waals surface area contributed by atoms with Crippen molar-refractivity contribution in [1.82, 2.24) is 14.9 Å². The van der Waals surface area contributed by atoms with Crippen molar-refractivity contribution >= 4 is 5.91 Å². The van der Waals surface area contributed by atoms with E-state index >= 15 is 0 Å². The Labute approximate surface area is 123 Å². The Morgan fingerprint density at radius 3 is 2.76 bits per heavy atom. The van der Waals surface area contributed by atoms with Gasteiger partial charge in [0.25, 0.3) is 5.91 Å². The molecule has 2 aromatic rings. The van der Waals surface area contributed by atoms with E-state index in [0.29, 0.717) is 0 Å². The van der Waals surface area contributed by atoms with E-state index in [1.165, 1.54) is 6.07 Å². The third-order valence-electron chi connectivity index (χ3n) is 3.54. The zero-order valence-corrected chi connectivity index (χ0v) is 12.7. The molecule has 110 valence electrons. The number of nitrogens with zero attached hydrogens (tertiary/aromatic N) is 2. The summed E-state index contributed by atoms with van der Waals surface area (Å²) in [6.45, 7) is 5.62. The number of hydrogen-bond donors (Lipinski definition) is 1. The summed E-state index contributed by atoms with van der Waals surface area (Å²) in [4.78, 5) is 28.5. The number of pyridine rings is 2. The first-order chi connectivity index (χ1) is 9.90. The van der Waals surface area contributed by atoms with Crippen molar-refractivity contribution < 1.29 is 4.79 Å². The fourth-order valence-corrected chi connectivity index (χ4v) is 2.19. The van der Waals surface area contributed by atoms with E-state index in [1.54, 1.807) is 24.0 Å². The Hall–Kier alpha value is -2.43. The van der Waals surface area contributed by atoms with E-state index in [-0.39, 0.29) is 22.9 Å². The van der Waals surface area contributed by atoms with Gasteiger partial charge in [-0.1, -0.05) is 6.07 Å². The lowest BCUT2D eigenvalue weighted by Gasteiger charge is -2.15. The van der Waals surface area contributed by atoms with Crippen LogP contribution in [0.2, 0.25) is 0 Å². The predicted molar refractivity (Wildman–Crippen MR) is 81.3 cm³/mol. The molecule has 0 aliphatic heterocycles. The Morgan fingerprint density at radius 2 is 2.10 bits per heavy atom. The predicted octanol–water partition coefficient (Wildman–Crippen LogP) is 1.89. The number of aromatic nitrogens is 2. The Bertz CT molecular complexity index is 735. The Kier molecular flexibility index (Phi) is 4.21. The molecular formula is C16H19N3O2. The van der Waals surface area contributed by atoms with Gasteiger partial charge in [0, 0.05) is 31.2 Å². The van der Waals surface area contributed by atoms with Crippen LogP contribution in [0.3, 0.4) is 0 Å².